The van der Waals surface area contributed by atoms with Gasteiger partial charge in [0.15, 0.2) is 0 Å². The van der Waals surface area contributed by atoms with Crippen LogP contribution in [0.3, 0.4) is 0 Å². The molecule has 0 unspecified atom stereocenters. The van der Waals surface area contributed by atoms with Crippen LogP contribution in [0.25, 0.3) is 0 Å². The highest BCUT2D eigenvalue weighted by Crippen LogP contribution is 2.17. The van der Waals surface area contributed by atoms with Gasteiger partial charge in [-0.05, 0) is 33.9 Å². The lowest BCUT2D eigenvalue weighted by atomic mass is 10.3. The third-order valence-corrected chi connectivity index (χ3v) is 2.90. The monoisotopic (exact) mass is 257 g/mol. The fourth-order valence-corrected chi connectivity index (χ4v) is 1.46. The zero-order chi connectivity index (χ0) is 12.8. The topological polar surface area (TPSA) is 67.1 Å². The Bertz CT molecular complexity index is 356. The Kier molecular flexibility index (Phi) is 5.44. The van der Waals surface area contributed by atoms with E-state index in [-0.39, 0.29) is 5.95 Å². The molecule has 0 aliphatic carbocycles. The zero-order valence-corrected chi connectivity index (χ0v) is 11.3. The molecule has 0 saturated carbocycles. The molecule has 0 bridgehead atoms. The van der Waals surface area contributed by atoms with Crippen LogP contribution in [0.5, 0.6) is 0 Å². The van der Waals surface area contributed by atoms with Gasteiger partial charge in [0.1, 0.15) is 10.8 Å². The minimum Gasteiger partial charge on any atom is -0.369 e. The summed E-state index contributed by atoms with van der Waals surface area (Å²) in [5, 5.41) is 3.66. The number of hydrogen-bond acceptors (Lipinski definition) is 5. The molecule has 96 valence electrons. The normalized spacial score (nSPS) is 11.2. The summed E-state index contributed by atoms with van der Waals surface area (Å²) in [7, 11) is 2.11. The Balaban J connectivity index is 2.33. The summed E-state index contributed by atoms with van der Waals surface area (Å²) in [5.41, 5.74) is 5.49. The molecule has 3 N–H and O–H groups in total. The van der Waals surface area contributed by atoms with Crippen molar-refractivity contribution in [3.63, 3.8) is 0 Å². The Labute approximate surface area is 107 Å². The fourth-order valence-electron chi connectivity index (χ4n) is 1.30. The van der Waals surface area contributed by atoms with Crippen LogP contribution in [0.2, 0.25) is 5.02 Å². The average molecular weight is 258 g/mol. The minimum atomic E-state index is 0.233. The first kappa shape index (κ1) is 14.0. The highest BCUT2D eigenvalue weighted by molar-refractivity contribution is 6.32. The predicted octanol–water partition coefficient (Wildman–Crippen LogP) is 1.85. The molecule has 0 spiro atoms. The Morgan fingerprint density at radius 1 is 1.53 bits per heavy atom. The maximum atomic E-state index is 5.93. The SMILES string of the molecule is CC(C)N(C)CCCNc1nc(N)ncc1Cl. The summed E-state index contributed by atoms with van der Waals surface area (Å²) >= 11 is 5.93. The van der Waals surface area contributed by atoms with Gasteiger partial charge in [0.2, 0.25) is 5.95 Å². The minimum absolute atomic E-state index is 0.233. The van der Waals surface area contributed by atoms with Crippen molar-refractivity contribution < 1.29 is 0 Å². The van der Waals surface area contributed by atoms with Gasteiger partial charge in [-0.25, -0.2) is 4.98 Å². The third kappa shape index (κ3) is 4.75. The molecule has 17 heavy (non-hydrogen) atoms. The summed E-state index contributed by atoms with van der Waals surface area (Å²) in [6.45, 7) is 6.20. The number of nitrogens with one attached hydrogen (secondary N) is 1. The van der Waals surface area contributed by atoms with Crippen molar-refractivity contribution in [1.82, 2.24) is 14.9 Å². The van der Waals surface area contributed by atoms with E-state index in [9.17, 15) is 0 Å². The van der Waals surface area contributed by atoms with Gasteiger partial charge in [-0.1, -0.05) is 11.6 Å². The van der Waals surface area contributed by atoms with Crippen LogP contribution in [0, 0.1) is 0 Å². The van der Waals surface area contributed by atoms with E-state index in [0.717, 1.165) is 19.5 Å². The largest absolute Gasteiger partial charge is 0.369 e. The first-order chi connectivity index (χ1) is 8.00. The number of nitrogens with zero attached hydrogens (tertiary/aromatic N) is 3. The van der Waals surface area contributed by atoms with E-state index in [4.69, 9.17) is 17.3 Å². The van der Waals surface area contributed by atoms with E-state index in [2.05, 4.69) is 41.1 Å². The lowest BCUT2D eigenvalue weighted by Crippen LogP contribution is -2.28. The highest BCUT2D eigenvalue weighted by atomic mass is 35.5. The van der Waals surface area contributed by atoms with Crippen LogP contribution in [0.1, 0.15) is 20.3 Å². The molecule has 0 amide bonds. The van der Waals surface area contributed by atoms with Gasteiger partial charge in [0.05, 0.1) is 6.20 Å². The van der Waals surface area contributed by atoms with E-state index < -0.39 is 0 Å². The van der Waals surface area contributed by atoms with Crippen LogP contribution in [-0.2, 0) is 0 Å². The highest BCUT2D eigenvalue weighted by Gasteiger charge is 2.04. The Hall–Kier alpha value is -1.07. The van der Waals surface area contributed by atoms with Crippen molar-refractivity contribution in [3.05, 3.63) is 11.2 Å². The number of halogens is 1. The van der Waals surface area contributed by atoms with Crippen LogP contribution in [0.4, 0.5) is 11.8 Å². The molecule has 0 aliphatic heterocycles. The molecule has 5 nitrogen and oxygen atoms in total. The second kappa shape index (κ2) is 6.61. The number of hydrogen-bond donors (Lipinski definition) is 2. The number of aromatic nitrogens is 2. The van der Waals surface area contributed by atoms with Crippen LogP contribution in [0.15, 0.2) is 6.20 Å². The lowest BCUT2D eigenvalue weighted by molar-refractivity contribution is 0.273. The zero-order valence-electron chi connectivity index (χ0n) is 10.6. The van der Waals surface area contributed by atoms with E-state index in [1.54, 1.807) is 0 Å². The molecule has 6 heteroatoms. The van der Waals surface area contributed by atoms with E-state index in [1.165, 1.54) is 6.20 Å². The first-order valence-corrected chi connectivity index (χ1v) is 6.10. The van der Waals surface area contributed by atoms with Crippen molar-refractivity contribution in [2.24, 2.45) is 0 Å². The molecule has 0 saturated heterocycles. The molecule has 1 aromatic rings. The Morgan fingerprint density at radius 2 is 2.24 bits per heavy atom. The smallest absolute Gasteiger partial charge is 0.222 e. The van der Waals surface area contributed by atoms with Crippen LogP contribution in [-0.4, -0.2) is 41.0 Å². The van der Waals surface area contributed by atoms with Crippen molar-refractivity contribution in [1.29, 1.82) is 0 Å². The Morgan fingerprint density at radius 3 is 2.88 bits per heavy atom. The average Bonchev–Trinajstić information content (AvgIpc) is 2.28. The van der Waals surface area contributed by atoms with E-state index in [1.807, 2.05) is 0 Å². The van der Waals surface area contributed by atoms with Gasteiger partial charge >= 0.3 is 0 Å². The van der Waals surface area contributed by atoms with Gasteiger partial charge in [-0.15, -0.1) is 0 Å². The first-order valence-electron chi connectivity index (χ1n) is 5.73. The van der Waals surface area contributed by atoms with Gasteiger partial charge in [0, 0.05) is 12.6 Å². The molecule has 0 fully saturated rings. The van der Waals surface area contributed by atoms with Crippen LogP contribution < -0.4 is 11.1 Å². The summed E-state index contributed by atoms with van der Waals surface area (Å²) in [6.07, 6.45) is 2.53. The molecule has 0 atom stereocenters. The fraction of sp³-hybridized carbons (Fsp3) is 0.636. The maximum Gasteiger partial charge on any atom is 0.222 e. The van der Waals surface area contributed by atoms with Gasteiger partial charge in [0.25, 0.3) is 0 Å². The number of nitrogen functional groups attached to an aromatic ring is 1. The maximum absolute atomic E-state index is 5.93. The summed E-state index contributed by atoms with van der Waals surface area (Å²) in [4.78, 5) is 10.1. The standard InChI is InChI=1S/C11H20ClN5/c1-8(2)17(3)6-4-5-14-10-9(12)7-15-11(13)16-10/h7-8H,4-6H2,1-3H3,(H3,13,14,15,16). The van der Waals surface area contributed by atoms with Crippen LogP contribution >= 0.6 is 11.6 Å². The summed E-state index contributed by atoms with van der Waals surface area (Å²) in [5.74, 6) is 0.836. The third-order valence-electron chi connectivity index (χ3n) is 2.62. The van der Waals surface area contributed by atoms with E-state index in [0.29, 0.717) is 16.9 Å². The van der Waals surface area contributed by atoms with Crippen molar-refractivity contribution >= 4 is 23.4 Å². The summed E-state index contributed by atoms with van der Waals surface area (Å²) in [6, 6.07) is 0.563. The molecule has 1 rings (SSSR count). The molecule has 0 aromatic carbocycles. The summed E-state index contributed by atoms with van der Waals surface area (Å²) < 4.78 is 0. The molecular weight excluding hydrogens is 238 g/mol. The predicted molar refractivity (Wildman–Crippen MR) is 72.3 cm³/mol. The second-order valence-electron chi connectivity index (χ2n) is 4.28. The van der Waals surface area contributed by atoms with Gasteiger partial charge in [-0.3, -0.25) is 0 Å². The lowest BCUT2D eigenvalue weighted by Gasteiger charge is -2.20. The molecule has 1 heterocycles. The van der Waals surface area contributed by atoms with E-state index >= 15 is 0 Å². The quantitative estimate of drug-likeness (QED) is 0.762. The molecule has 0 radical (unpaired) electrons. The number of rotatable bonds is 6. The van der Waals surface area contributed by atoms with Gasteiger partial charge in [-0.2, -0.15) is 4.98 Å². The van der Waals surface area contributed by atoms with Crippen molar-refractivity contribution in [2.45, 2.75) is 26.3 Å². The molecule has 0 aliphatic rings. The number of nitrogens with two attached hydrogens (primary N) is 1. The second-order valence-corrected chi connectivity index (χ2v) is 4.69. The molecule has 1 aromatic heterocycles. The van der Waals surface area contributed by atoms with Crippen molar-refractivity contribution in [3.8, 4) is 0 Å². The molecular formula is C11H20ClN5. The number of anilines is 2. The van der Waals surface area contributed by atoms with Crippen molar-refractivity contribution in [2.75, 3.05) is 31.2 Å². The van der Waals surface area contributed by atoms with Gasteiger partial charge < -0.3 is 16.0 Å².